The number of benzene rings is 1. The first-order valence-electron chi connectivity index (χ1n) is 6.43. The van der Waals surface area contributed by atoms with Crippen LogP contribution < -0.4 is 11.5 Å². The van der Waals surface area contributed by atoms with Crippen LogP contribution in [0.5, 0.6) is 0 Å². The quantitative estimate of drug-likeness (QED) is 0.623. The van der Waals surface area contributed by atoms with Crippen LogP contribution in [-0.4, -0.2) is 12.1 Å². The van der Waals surface area contributed by atoms with E-state index in [9.17, 15) is 4.79 Å². The Morgan fingerprint density at radius 1 is 1.17 bits per heavy atom. The number of anilines is 2. The van der Waals surface area contributed by atoms with E-state index >= 15 is 0 Å². The molecule has 0 radical (unpaired) electrons. The summed E-state index contributed by atoms with van der Waals surface area (Å²) in [6.45, 7) is 2.13. The molecule has 98 valence electrons. The lowest BCUT2D eigenvalue weighted by Crippen LogP contribution is -2.28. The summed E-state index contributed by atoms with van der Waals surface area (Å²) in [7, 11) is 0. The van der Waals surface area contributed by atoms with Crippen molar-refractivity contribution in [2.24, 2.45) is 5.92 Å². The Morgan fingerprint density at radius 3 is 2.39 bits per heavy atom. The second kappa shape index (κ2) is 5.29. The molecule has 1 aliphatic carbocycles. The molecule has 2 atom stereocenters. The fraction of sp³-hybridized carbons (Fsp3) is 0.500. The predicted molar refractivity (Wildman–Crippen MR) is 72.1 cm³/mol. The molecule has 0 saturated heterocycles. The first kappa shape index (κ1) is 12.7. The van der Waals surface area contributed by atoms with Crippen molar-refractivity contribution in [1.29, 1.82) is 0 Å². The highest BCUT2D eigenvalue weighted by atomic mass is 16.5. The largest absolute Gasteiger partial charge is 0.458 e. The summed E-state index contributed by atoms with van der Waals surface area (Å²) >= 11 is 0. The fourth-order valence-electron chi connectivity index (χ4n) is 2.46. The van der Waals surface area contributed by atoms with Gasteiger partial charge in [0.1, 0.15) is 6.10 Å². The van der Waals surface area contributed by atoms with Gasteiger partial charge < -0.3 is 16.2 Å². The smallest absolute Gasteiger partial charge is 0.338 e. The molecule has 0 aromatic heterocycles. The number of nitrogens with two attached hydrogens (primary N) is 2. The third-order valence-corrected chi connectivity index (χ3v) is 3.50. The summed E-state index contributed by atoms with van der Waals surface area (Å²) in [5.74, 6) is 0.105. The molecule has 4 N–H and O–H groups in total. The average Bonchev–Trinajstić information content (AvgIpc) is 2.31. The van der Waals surface area contributed by atoms with Gasteiger partial charge in [0.25, 0.3) is 0 Å². The van der Waals surface area contributed by atoms with Crippen LogP contribution in [0, 0.1) is 5.92 Å². The number of hydrogen-bond donors (Lipinski definition) is 2. The van der Waals surface area contributed by atoms with Gasteiger partial charge in [0.05, 0.1) is 5.56 Å². The lowest BCUT2D eigenvalue weighted by molar-refractivity contribution is 0.00482. The zero-order valence-electron chi connectivity index (χ0n) is 10.7. The van der Waals surface area contributed by atoms with Gasteiger partial charge >= 0.3 is 5.97 Å². The van der Waals surface area contributed by atoms with Crippen LogP contribution in [-0.2, 0) is 4.74 Å². The molecule has 2 rings (SSSR count). The van der Waals surface area contributed by atoms with Crippen molar-refractivity contribution in [3.8, 4) is 0 Å². The molecule has 0 amide bonds. The fourth-order valence-corrected chi connectivity index (χ4v) is 2.46. The normalized spacial score (nSPS) is 23.6. The van der Waals surface area contributed by atoms with Crippen LogP contribution in [0.2, 0.25) is 0 Å². The SMILES string of the molecule is CC1CCCCC1OC(=O)c1cc(N)cc(N)c1. The molecule has 0 aliphatic heterocycles. The standard InChI is InChI=1S/C14H20N2O2/c1-9-4-2-3-5-13(9)18-14(17)10-6-11(15)8-12(16)7-10/h6-9,13H,2-5,15-16H2,1H3. The molecule has 0 bridgehead atoms. The lowest BCUT2D eigenvalue weighted by Gasteiger charge is -2.28. The molecule has 1 saturated carbocycles. The Balaban J connectivity index is 2.06. The molecule has 4 heteroatoms. The van der Waals surface area contributed by atoms with E-state index in [1.807, 2.05) is 0 Å². The van der Waals surface area contributed by atoms with Gasteiger partial charge in [0.15, 0.2) is 0 Å². The van der Waals surface area contributed by atoms with E-state index in [0.29, 0.717) is 22.9 Å². The van der Waals surface area contributed by atoms with Crippen LogP contribution in [0.15, 0.2) is 18.2 Å². The Morgan fingerprint density at radius 2 is 1.78 bits per heavy atom. The van der Waals surface area contributed by atoms with E-state index in [1.165, 1.54) is 6.42 Å². The van der Waals surface area contributed by atoms with Crippen LogP contribution in [0.1, 0.15) is 43.0 Å². The van der Waals surface area contributed by atoms with Crippen molar-refractivity contribution >= 4 is 17.3 Å². The van der Waals surface area contributed by atoms with Gasteiger partial charge in [-0.1, -0.05) is 13.3 Å². The van der Waals surface area contributed by atoms with E-state index in [-0.39, 0.29) is 12.1 Å². The van der Waals surface area contributed by atoms with Crippen LogP contribution in [0.3, 0.4) is 0 Å². The Labute approximate surface area is 107 Å². The van der Waals surface area contributed by atoms with Crippen molar-refractivity contribution in [3.63, 3.8) is 0 Å². The second-order valence-corrected chi connectivity index (χ2v) is 5.09. The minimum absolute atomic E-state index is 0.0221. The second-order valence-electron chi connectivity index (χ2n) is 5.09. The van der Waals surface area contributed by atoms with E-state index in [1.54, 1.807) is 18.2 Å². The van der Waals surface area contributed by atoms with Gasteiger partial charge in [0.2, 0.25) is 0 Å². The minimum Gasteiger partial charge on any atom is -0.458 e. The average molecular weight is 248 g/mol. The Hall–Kier alpha value is -1.71. The molecular formula is C14H20N2O2. The van der Waals surface area contributed by atoms with E-state index in [4.69, 9.17) is 16.2 Å². The van der Waals surface area contributed by atoms with E-state index in [0.717, 1.165) is 19.3 Å². The molecule has 4 nitrogen and oxygen atoms in total. The summed E-state index contributed by atoms with van der Waals surface area (Å²) in [5.41, 5.74) is 12.7. The predicted octanol–water partition coefficient (Wildman–Crippen LogP) is 2.59. The van der Waals surface area contributed by atoms with Crippen molar-refractivity contribution in [2.45, 2.75) is 38.7 Å². The number of rotatable bonds is 2. The van der Waals surface area contributed by atoms with Gasteiger partial charge in [-0.2, -0.15) is 0 Å². The molecule has 1 fully saturated rings. The van der Waals surface area contributed by atoms with Crippen molar-refractivity contribution in [3.05, 3.63) is 23.8 Å². The number of ether oxygens (including phenoxy) is 1. The molecular weight excluding hydrogens is 228 g/mol. The van der Waals surface area contributed by atoms with Crippen molar-refractivity contribution in [2.75, 3.05) is 11.5 Å². The summed E-state index contributed by atoms with van der Waals surface area (Å²) in [6.07, 6.45) is 4.44. The summed E-state index contributed by atoms with van der Waals surface area (Å²) in [6, 6.07) is 4.83. The first-order chi connectivity index (χ1) is 8.56. The van der Waals surface area contributed by atoms with Crippen molar-refractivity contribution in [1.82, 2.24) is 0 Å². The number of nitrogen functional groups attached to an aromatic ring is 2. The molecule has 1 aromatic carbocycles. The van der Waals surface area contributed by atoms with Gasteiger partial charge in [-0.15, -0.1) is 0 Å². The minimum atomic E-state index is -0.326. The Bertz CT molecular complexity index is 425. The monoisotopic (exact) mass is 248 g/mol. The molecule has 0 heterocycles. The highest BCUT2D eigenvalue weighted by Crippen LogP contribution is 2.27. The van der Waals surface area contributed by atoms with E-state index in [2.05, 4.69) is 6.92 Å². The highest BCUT2D eigenvalue weighted by molar-refractivity contribution is 5.91. The maximum absolute atomic E-state index is 12.0. The third-order valence-electron chi connectivity index (χ3n) is 3.50. The van der Waals surface area contributed by atoms with Gasteiger partial charge in [0, 0.05) is 11.4 Å². The Kier molecular flexibility index (Phi) is 3.75. The third kappa shape index (κ3) is 2.94. The lowest BCUT2D eigenvalue weighted by atomic mass is 9.88. The van der Waals surface area contributed by atoms with Gasteiger partial charge in [-0.05, 0) is 43.4 Å². The summed E-state index contributed by atoms with van der Waals surface area (Å²) < 4.78 is 5.55. The zero-order valence-corrected chi connectivity index (χ0v) is 10.7. The molecule has 1 aromatic rings. The van der Waals surface area contributed by atoms with Crippen LogP contribution >= 0.6 is 0 Å². The maximum Gasteiger partial charge on any atom is 0.338 e. The zero-order chi connectivity index (χ0) is 13.1. The maximum atomic E-state index is 12.0. The van der Waals surface area contributed by atoms with Gasteiger partial charge in [-0.3, -0.25) is 0 Å². The molecule has 18 heavy (non-hydrogen) atoms. The summed E-state index contributed by atoms with van der Waals surface area (Å²) in [4.78, 5) is 12.0. The molecule has 2 unspecified atom stereocenters. The first-order valence-corrected chi connectivity index (χ1v) is 6.43. The number of esters is 1. The number of hydrogen-bond acceptors (Lipinski definition) is 4. The van der Waals surface area contributed by atoms with E-state index < -0.39 is 0 Å². The summed E-state index contributed by atoms with van der Waals surface area (Å²) in [5, 5.41) is 0. The van der Waals surface area contributed by atoms with Crippen LogP contribution in [0.4, 0.5) is 11.4 Å². The van der Waals surface area contributed by atoms with Crippen molar-refractivity contribution < 1.29 is 9.53 Å². The molecule has 0 spiro atoms. The molecule has 1 aliphatic rings. The van der Waals surface area contributed by atoms with Crippen LogP contribution in [0.25, 0.3) is 0 Å². The topological polar surface area (TPSA) is 78.3 Å². The highest BCUT2D eigenvalue weighted by Gasteiger charge is 2.25. The number of carbonyl (C=O) groups is 1. The van der Waals surface area contributed by atoms with Gasteiger partial charge in [-0.25, -0.2) is 4.79 Å². The number of carbonyl (C=O) groups excluding carboxylic acids is 1.